The van der Waals surface area contributed by atoms with Gasteiger partial charge in [-0.2, -0.15) is 0 Å². The maximum absolute atomic E-state index is 12.4. The zero-order valence-electron chi connectivity index (χ0n) is 16.1. The highest BCUT2D eigenvalue weighted by Gasteiger charge is 2.31. The number of methoxy groups -OCH3 is 1. The van der Waals surface area contributed by atoms with Crippen molar-refractivity contribution in [1.82, 2.24) is 10.2 Å². The Hall–Kier alpha value is -1.30. The third-order valence-corrected chi connectivity index (χ3v) is 3.25. The summed E-state index contributed by atoms with van der Waals surface area (Å²) in [7, 11) is 1.38. The number of hydrogen-bond donors (Lipinski definition) is 1. The lowest BCUT2D eigenvalue weighted by molar-refractivity contribution is -0.144. The summed E-state index contributed by atoms with van der Waals surface area (Å²) < 4.78 is 10.3. The second-order valence-electron chi connectivity index (χ2n) is 8.00. The van der Waals surface area contributed by atoms with Crippen molar-refractivity contribution in [3.63, 3.8) is 0 Å². The van der Waals surface area contributed by atoms with E-state index in [-0.39, 0.29) is 29.6 Å². The number of amides is 1. The topological polar surface area (TPSA) is 67.9 Å². The van der Waals surface area contributed by atoms with E-state index in [0.29, 0.717) is 13.1 Å². The van der Waals surface area contributed by atoms with Crippen LogP contribution >= 0.6 is 0 Å². The van der Waals surface area contributed by atoms with Gasteiger partial charge in [0.1, 0.15) is 11.6 Å². The van der Waals surface area contributed by atoms with Gasteiger partial charge in [-0.3, -0.25) is 4.79 Å². The van der Waals surface area contributed by atoms with Gasteiger partial charge >= 0.3 is 12.1 Å². The van der Waals surface area contributed by atoms with E-state index in [1.54, 1.807) is 4.90 Å². The van der Waals surface area contributed by atoms with Gasteiger partial charge in [-0.1, -0.05) is 13.8 Å². The number of carbonyl (C=O) groups excluding carboxylic acids is 2. The average molecular weight is 330 g/mol. The molecule has 0 unspecified atom stereocenters. The van der Waals surface area contributed by atoms with Crippen LogP contribution in [0.1, 0.15) is 55.4 Å². The monoisotopic (exact) mass is 330 g/mol. The third kappa shape index (κ3) is 8.21. The molecule has 0 heterocycles. The van der Waals surface area contributed by atoms with Gasteiger partial charge in [-0.05, 0) is 47.5 Å². The second kappa shape index (κ2) is 8.52. The first-order valence-corrected chi connectivity index (χ1v) is 8.11. The minimum atomic E-state index is -0.541. The molecule has 0 aliphatic rings. The maximum Gasteiger partial charge on any atom is 0.410 e. The zero-order chi connectivity index (χ0) is 18.4. The lowest BCUT2D eigenvalue weighted by atomic mass is 10.0. The van der Waals surface area contributed by atoms with Crippen LogP contribution in [0.15, 0.2) is 0 Å². The Bertz CT molecular complexity index is 394. The van der Waals surface area contributed by atoms with E-state index in [4.69, 9.17) is 9.47 Å². The van der Waals surface area contributed by atoms with Crippen molar-refractivity contribution in [2.24, 2.45) is 5.92 Å². The number of ether oxygens (including phenoxy) is 2. The predicted molar refractivity (Wildman–Crippen MR) is 91.3 cm³/mol. The lowest BCUT2D eigenvalue weighted by Gasteiger charge is -2.37. The molecule has 0 fully saturated rings. The van der Waals surface area contributed by atoms with Crippen LogP contribution in [0.5, 0.6) is 0 Å². The number of carbonyl (C=O) groups is 2. The lowest BCUT2D eigenvalue weighted by Crippen LogP contribution is -2.52. The van der Waals surface area contributed by atoms with E-state index in [9.17, 15) is 9.59 Å². The Morgan fingerprint density at radius 2 is 1.61 bits per heavy atom. The number of nitrogens with zero attached hydrogens (tertiary/aromatic N) is 1. The van der Waals surface area contributed by atoms with Gasteiger partial charge in [0.05, 0.1) is 7.11 Å². The Labute approximate surface area is 140 Å². The summed E-state index contributed by atoms with van der Waals surface area (Å²) in [5.41, 5.74) is -0.914. The summed E-state index contributed by atoms with van der Waals surface area (Å²) in [5, 5.41) is 3.17. The molecule has 0 aromatic rings. The Balaban J connectivity index is 4.81. The van der Waals surface area contributed by atoms with Crippen LogP contribution in [0.2, 0.25) is 0 Å². The summed E-state index contributed by atoms with van der Waals surface area (Å²) in [5.74, 6) is -0.188. The first kappa shape index (κ1) is 21.7. The van der Waals surface area contributed by atoms with Crippen molar-refractivity contribution in [3.8, 4) is 0 Å². The molecular formula is C17H34N2O4. The molecule has 0 bridgehead atoms. The van der Waals surface area contributed by atoms with Gasteiger partial charge < -0.3 is 19.7 Å². The van der Waals surface area contributed by atoms with Crippen molar-refractivity contribution >= 4 is 12.1 Å². The quantitative estimate of drug-likeness (QED) is 0.759. The molecule has 0 aliphatic carbocycles. The summed E-state index contributed by atoms with van der Waals surface area (Å²) in [4.78, 5) is 25.8. The molecule has 136 valence electrons. The van der Waals surface area contributed by atoms with Crippen LogP contribution in [0.25, 0.3) is 0 Å². The fourth-order valence-corrected chi connectivity index (χ4v) is 2.07. The molecule has 0 aromatic carbocycles. The van der Waals surface area contributed by atoms with Gasteiger partial charge in [0, 0.05) is 18.6 Å². The summed E-state index contributed by atoms with van der Waals surface area (Å²) >= 11 is 0. The fraction of sp³-hybridized carbons (Fsp3) is 0.882. The molecule has 0 radical (unpaired) electrons. The summed E-state index contributed by atoms with van der Waals surface area (Å²) in [6, 6.07) is -0.388. The van der Waals surface area contributed by atoms with E-state index in [2.05, 4.69) is 5.32 Å². The van der Waals surface area contributed by atoms with E-state index in [1.807, 2.05) is 55.4 Å². The summed E-state index contributed by atoms with van der Waals surface area (Å²) in [6.07, 6.45) is -0.356. The summed E-state index contributed by atoms with van der Waals surface area (Å²) in [6.45, 7) is 16.2. The highest BCUT2D eigenvalue weighted by atomic mass is 16.6. The molecule has 23 heavy (non-hydrogen) atoms. The van der Waals surface area contributed by atoms with Crippen molar-refractivity contribution in [2.45, 2.75) is 72.6 Å². The van der Waals surface area contributed by atoms with Gasteiger partial charge in [0.2, 0.25) is 0 Å². The van der Waals surface area contributed by atoms with Crippen LogP contribution in [0.3, 0.4) is 0 Å². The Kier molecular flexibility index (Phi) is 8.04. The van der Waals surface area contributed by atoms with E-state index < -0.39 is 5.60 Å². The van der Waals surface area contributed by atoms with Gasteiger partial charge in [-0.25, -0.2) is 4.79 Å². The van der Waals surface area contributed by atoms with Crippen LogP contribution in [-0.2, 0) is 14.3 Å². The molecule has 6 nitrogen and oxygen atoms in total. The first-order chi connectivity index (χ1) is 10.3. The molecular weight excluding hydrogens is 296 g/mol. The maximum atomic E-state index is 12.4. The molecule has 0 aliphatic heterocycles. The normalized spacial score (nSPS) is 13.7. The minimum Gasteiger partial charge on any atom is -0.468 e. The Morgan fingerprint density at radius 3 is 1.96 bits per heavy atom. The Morgan fingerprint density at radius 1 is 1.09 bits per heavy atom. The van der Waals surface area contributed by atoms with Crippen molar-refractivity contribution < 1.29 is 19.1 Å². The molecule has 6 heteroatoms. The molecule has 0 saturated carbocycles. The van der Waals surface area contributed by atoms with Gasteiger partial charge in [0.25, 0.3) is 0 Å². The van der Waals surface area contributed by atoms with Gasteiger partial charge in [0.15, 0.2) is 0 Å². The fourth-order valence-electron chi connectivity index (χ4n) is 2.07. The van der Waals surface area contributed by atoms with Crippen LogP contribution in [0, 0.1) is 5.92 Å². The highest BCUT2D eigenvalue weighted by Crippen LogP contribution is 2.18. The molecule has 0 spiro atoms. The van der Waals surface area contributed by atoms with E-state index >= 15 is 0 Å². The largest absolute Gasteiger partial charge is 0.468 e. The minimum absolute atomic E-state index is 0.104. The number of esters is 1. The molecule has 1 atom stereocenters. The molecule has 0 saturated heterocycles. The molecule has 1 N–H and O–H groups in total. The van der Waals surface area contributed by atoms with Gasteiger partial charge in [-0.15, -0.1) is 0 Å². The van der Waals surface area contributed by atoms with Crippen molar-refractivity contribution in [2.75, 3.05) is 20.2 Å². The number of hydrogen-bond acceptors (Lipinski definition) is 5. The second-order valence-corrected chi connectivity index (χ2v) is 8.00. The van der Waals surface area contributed by atoms with Crippen molar-refractivity contribution in [3.05, 3.63) is 0 Å². The molecule has 0 rings (SSSR count). The standard InChI is InChI=1S/C17H34N2O4/c1-12(2)13(14(20)22-9)18-10-11-19(16(3,4)5)15(21)23-17(6,7)8/h12-13,18H,10-11H2,1-9H3/t13-/m0/s1. The molecule has 1 amide bonds. The van der Waals surface area contributed by atoms with Crippen LogP contribution in [-0.4, -0.2) is 54.3 Å². The number of rotatable bonds is 6. The first-order valence-electron chi connectivity index (χ1n) is 8.11. The smallest absolute Gasteiger partial charge is 0.410 e. The zero-order valence-corrected chi connectivity index (χ0v) is 16.1. The van der Waals surface area contributed by atoms with E-state index in [0.717, 1.165) is 0 Å². The van der Waals surface area contributed by atoms with Crippen molar-refractivity contribution in [1.29, 1.82) is 0 Å². The molecule has 0 aromatic heterocycles. The van der Waals surface area contributed by atoms with E-state index in [1.165, 1.54) is 7.11 Å². The van der Waals surface area contributed by atoms with Crippen LogP contribution < -0.4 is 5.32 Å². The van der Waals surface area contributed by atoms with Crippen LogP contribution in [0.4, 0.5) is 4.79 Å². The predicted octanol–water partition coefficient (Wildman–Crippen LogP) is 2.81. The highest BCUT2D eigenvalue weighted by molar-refractivity contribution is 5.76. The SMILES string of the molecule is COC(=O)[C@@H](NCCN(C(=O)OC(C)(C)C)C(C)(C)C)C(C)C. The third-order valence-electron chi connectivity index (χ3n) is 3.25. The average Bonchev–Trinajstić information content (AvgIpc) is 2.33. The number of nitrogens with one attached hydrogen (secondary N) is 1.